The summed E-state index contributed by atoms with van der Waals surface area (Å²) in [6, 6.07) is 0. The maximum absolute atomic E-state index is 3.94. The monoisotopic (exact) mass is 144 g/mol. The van der Waals surface area contributed by atoms with Crippen molar-refractivity contribution < 1.29 is 0 Å². The second kappa shape index (κ2) is 6.21. The van der Waals surface area contributed by atoms with Crippen molar-refractivity contribution in [3.63, 3.8) is 0 Å². The number of hydrogen-bond acceptors (Lipinski definition) is 1. The van der Waals surface area contributed by atoms with Crippen LogP contribution in [0.5, 0.6) is 0 Å². The minimum absolute atomic E-state index is 1.15. The Bertz CT molecular complexity index is 76.6. The maximum Gasteiger partial charge on any atom is -0.00673 e. The Kier molecular flexibility index (Phi) is 6.28. The van der Waals surface area contributed by atoms with Crippen molar-refractivity contribution in [3.05, 3.63) is 12.2 Å². The zero-order valence-electron chi connectivity index (χ0n) is 6.44. The quantitative estimate of drug-likeness (QED) is 0.422. The van der Waals surface area contributed by atoms with Gasteiger partial charge in [0, 0.05) is 0 Å². The van der Waals surface area contributed by atoms with Crippen LogP contribution in [0.25, 0.3) is 0 Å². The number of hydrogen-bond donors (Lipinski definition) is 0. The van der Waals surface area contributed by atoms with E-state index in [1.165, 1.54) is 24.2 Å². The predicted molar refractivity (Wildman–Crippen MR) is 47.0 cm³/mol. The first-order valence-electron chi connectivity index (χ1n) is 3.46. The molecule has 0 aliphatic carbocycles. The summed E-state index contributed by atoms with van der Waals surface area (Å²) in [4.78, 5) is 0. The Balaban J connectivity index is 2.97. The third-order valence-electron chi connectivity index (χ3n) is 1.38. The Hall–Kier alpha value is 0.0900. The zero-order chi connectivity index (χ0) is 7.11. The van der Waals surface area contributed by atoms with Crippen molar-refractivity contribution in [3.8, 4) is 0 Å². The minimum atomic E-state index is 1.15. The molecule has 0 nitrogen and oxygen atoms in total. The van der Waals surface area contributed by atoms with Crippen LogP contribution in [-0.4, -0.2) is 12.0 Å². The lowest BCUT2D eigenvalue weighted by molar-refractivity contribution is 0.872. The molecule has 0 aromatic rings. The van der Waals surface area contributed by atoms with E-state index >= 15 is 0 Å². The SMILES string of the molecule is C=C(CC)CCCSC. The van der Waals surface area contributed by atoms with Crippen molar-refractivity contribution in [2.75, 3.05) is 12.0 Å². The van der Waals surface area contributed by atoms with Crippen molar-refractivity contribution in [1.29, 1.82) is 0 Å². The number of thioether (sulfide) groups is 1. The third kappa shape index (κ3) is 5.97. The molecule has 0 fully saturated rings. The summed E-state index contributed by atoms with van der Waals surface area (Å²) in [5, 5.41) is 0. The highest BCUT2D eigenvalue weighted by Gasteiger charge is 1.89. The van der Waals surface area contributed by atoms with E-state index < -0.39 is 0 Å². The molecule has 0 radical (unpaired) electrons. The van der Waals surface area contributed by atoms with Crippen LogP contribution in [0.1, 0.15) is 26.2 Å². The number of rotatable bonds is 5. The van der Waals surface area contributed by atoms with E-state index in [1.807, 2.05) is 11.8 Å². The molecule has 0 aliphatic rings. The normalized spacial score (nSPS) is 9.56. The summed E-state index contributed by atoms with van der Waals surface area (Å²) in [5.41, 5.74) is 1.39. The molecule has 9 heavy (non-hydrogen) atoms. The summed E-state index contributed by atoms with van der Waals surface area (Å²) in [5.74, 6) is 1.28. The molecular weight excluding hydrogens is 128 g/mol. The second-order valence-corrected chi connectivity index (χ2v) is 3.19. The highest BCUT2D eigenvalue weighted by Crippen LogP contribution is 2.08. The van der Waals surface area contributed by atoms with Gasteiger partial charge in [-0.25, -0.2) is 0 Å². The van der Waals surface area contributed by atoms with Crippen LogP contribution < -0.4 is 0 Å². The summed E-state index contributed by atoms with van der Waals surface area (Å²) >= 11 is 1.91. The first kappa shape index (κ1) is 9.09. The van der Waals surface area contributed by atoms with Crippen LogP contribution in [-0.2, 0) is 0 Å². The van der Waals surface area contributed by atoms with Gasteiger partial charge in [0.15, 0.2) is 0 Å². The van der Waals surface area contributed by atoms with Gasteiger partial charge in [0.1, 0.15) is 0 Å². The fourth-order valence-electron chi connectivity index (χ4n) is 0.643. The fraction of sp³-hybridized carbons (Fsp3) is 0.750. The lowest BCUT2D eigenvalue weighted by Gasteiger charge is -1.98. The molecule has 0 atom stereocenters. The van der Waals surface area contributed by atoms with Crippen LogP contribution in [0.15, 0.2) is 12.2 Å². The minimum Gasteiger partial charge on any atom is -0.165 e. The topological polar surface area (TPSA) is 0 Å². The first-order valence-corrected chi connectivity index (χ1v) is 4.86. The maximum atomic E-state index is 3.94. The van der Waals surface area contributed by atoms with Crippen molar-refractivity contribution in [1.82, 2.24) is 0 Å². The summed E-state index contributed by atoms with van der Waals surface area (Å²) in [6.07, 6.45) is 5.81. The highest BCUT2D eigenvalue weighted by molar-refractivity contribution is 7.98. The van der Waals surface area contributed by atoms with Gasteiger partial charge < -0.3 is 0 Å². The molecule has 0 amide bonds. The van der Waals surface area contributed by atoms with Gasteiger partial charge in [-0.3, -0.25) is 0 Å². The molecule has 0 rings (SSSR count). The smallest absolute Gasteiger partial charge is 0.00673 e. The van der Waals surface area contributed by atoms with E-state index in [4.69, 9.17) is 0 Å². The Morgan fingerprint density at radius 2 is 2.22 bits per heavy atom. The van der Waals surface area contributed by atoms with Crippen molar-refractivity contribution in [2.45, 2.75) is 26.2 Å². The Morgan fingerprint density at radius 3 is 2.67 bits per heavy atom. The summed E-state index contributed by atoms with van der Waals surface area (Å²) in [6.45, 7) is 6.10. The standard InChI is InChI=1S/C8H16S/c1-4-8(2)6-5-7-9-3/h2,4-7H2,1,3H3. The van der Waals surface area contributed by atoms with E-state index in [2.05, 4.69) is 19.8 Å². The van der Waals surface area contributed by atoms with Crippen LogP contribution in [0.2, 0.25) is 0 Å². The van der Waals surface area contributed by atoms with Crippen LogP contribution in [0.4, 0.5) is 0 Å². The average Bonchev–Trinajstić information content (AvgIpc) is 1.89. The molecule has 0 saturated heterocycles. The highest BCUT2D eigenvalue weighted by atomic mass is 32.2. The van der Waals surface area contributed by atoms with Crippen molar-refractivity contribution in [2.24, 2.45) is 0 Å². The number of allylic oxidation sites excluding steroid dienone is 1. The molecule has 0 heterocycles. The largest absolute Gasteiger partial charge is 0.165 e. The summed E-state index contributed by atoms with van der Waals surface area (Å²) < 4.78 is 0. The van der Waals surface area contributed by atoms with Gasteiger partial charge in [-0.2, -0.15) is 11.8 Å². The predicted octanol–water partition coefficient (Wildman–Crippen LogP) is 3.10. The molecule has 0 N–H and O–H groups in total. The van der Waals surface area contributed by atoms with Gasteiger partial charge >= 0.3 is 0 Å². The van der Waals surface area contributed by atoms with Gasteiger partial charge in [-0.05, 0) is 31.3 Å². The second-order valence-electron chi connectivity index (χ2n) is 2.20. The lowest BCUT2D eigenvalue weighted by Crippen LogP contribution is -1.81. The molecule has 0 saturated carbocycles. The van der Waals surface area contributed by atoms with E-state index in [0.717, 1.165) is 6.42 Å². The third-order valence-corrected chi connectivity index (χ3v) is 2.08. The molecule has 0 aliphatic heterocycles. The molecule has 0 aromatic heterocycles. The fourth-order valence-corrected chi connectivity index (χ4v) is 1.08. The van der Waals surface area contributed by atoms with E-state index in [-0.39, 0.29) is 0 Å². The lowest BCUT2D eigenvalue weighted by atomic mass is 10.1. The summed E-state index contributed by atoms with van der Waals surface area (Å²) in [7, 11) is 0. The van der Waals surface area contributed by atoms with E-state index in [0.29, 0.717) is 0 Å². The molecular formula is C8H16S. The van der Waals surface area contributed by atoms with E-state index in [1.54, 1.807) is 0 Å². The van der Waals surface area contributed by atoms with Crippen LogP contribution in [0, 0.1) is 0 Å². The Labute approximate surface area is 62.7 Å². The molecule has 0 bridgehead atoms. The van der Waals surface area contributed by atoms with Gasteiger partial charge in [0.05, 0.1) is 0 Å². The van der Waals surface area contributed by atoms with Gasteiger partial charge in [0.25, 0.3) is 0 Å². The van der Waals surface area contributed by atoms with E-state index in [9.17, 15) is 0 Å². The first-order chi connectivity index (χ1) is 4.31. The Morgan fingerprint density at radius 1 is 1.56 bits per heavy atom. The van der Waals surface area contributed by atoms with Gasteiger partial charge in [-0.1, -0.05) is 19.1 Å². The molecule has 0 aromatic carbocycles. The zero-order valence-corrected chi connectivity index (χ0v) is 7.26. The average molecular weight is 144 g/mol. The molecule has 0 spiro atoms. The van der Waals surface area contributed by atoms with Crippen molar-refractivity contribution >= 4 is 11.8 Å². The molecule has 54 valence electrons. The molecule has 0 unspecified atom stereocenters. The van der Waals surface area contributed by atoms with Crippen LogP contribution >= 0.6 is 11.8 Å². The molecule has 1 heteroatoms. The van der Waals surface area contributed by atoms with Gasteiger partial charge in [0.2, 0.25) is 0 Å². The van der Waals surface area contributed by atoms with Gasteiger partial charge in [-0.15, -0.1) is 0 Å². The van der Waals surface area contributed by atoms with Crippen LogP contribution in [0.3, 0.4) is 0 Å².